The fourth-order valence-corrected chi connectivity index (χ4v) is 6.83. The number of ether oxygens (including phenoxy) is 2. The maximum atomic E-state index is 13.0. The molecule has 13 heteroatoms. The Labute approximate surface area is 276 Å². The van der Waals surface area contributed by atoms with Gasteiger partial charge in [-0.15, -0.1) is 0 Å². The van der Waals surface area contributed by atoms with Crippen molar-refractivity contribution in [3.05, 3.63) is 75.3 Å². The van der Waals surface area contributed by atoms with Crippen LogP contribution in [0, 0.1) is 0 Å². The first kappa shape index (κ1) is 32.0. The molecule has 0 spiro atoms. The number of halogens is 2. The molecule has 0 bridgehead atoms. The summed E-state index contributed by atoms with van der Waals surface area (Å²) in [6.07, 6.45) is 3.36. The Morgan fingerprint density at radius 3 is 2.54 bits per heavy atom. The molecule has 3 aliphatic rings. The average molecular weight is 666 g/mol. The number of aromatic nitrogens is 1. The maximum Gasteiger partial charge on any atom is 0.273 e. The minimum atomic E-state index is -0.554. The molecule has 3 atom stereocenters. The van der Waals surface area contributed by atoms with Crippen LogP contribution in [0.25, 0.3) is 22.4 Å². The summed E-state index contributed by atoms with van der Waals surface area (Å²) in [5, 5.41) is 11.3. The molecule has 3 amide bonds. The molecule has 1 aliphatic carbocycles. The fraction of sp³-hybridized carbons (Fsp3) is 0.333. The van der Waals surface area contributed by atoms with Gasteiger partial charge in [0.15, 0.2) is 0 Å². The highest BCUT2D eigenvalue weighted by Gasteiger charge is 2.37. The van der Waals surface area contributed by atoms with Gasteiger partial charge in [-0.2, -0.15) is 0 Å². The van der Waals surface area contributed by atoms with Crippen LogP contribution in [0.3, 0.4) is 0 Å². The summed E-state index contributed by atoms with van der Waals surface area (Å²) in [4.78, 5) is 42.0. The van der Waals surface area contributed by atoms with Gasteiger partial charge in [0, 0.05) is 68.4 Å². The van der Waals surface area contributed by atoms with E-state index in [4.69, 9.17) is 37.7 Å². The highest BCUT2D eigenvalue weighted by Crippen LogP contribution is 2.44. The van der Waals surface area contributed by atoms with E-state index < -0.39 is 11.8 Å². The number of hydrazine groups is 1. The van der Waals surface area contributed by atoms with Crippen molar-refractivity contribution in [2.45, 2.75) is 37.5 Å². The van der Waals surface area contributed by atoms with Crippen LogP contribution in [0.15, 0.2) is 54.1 Å². The summed E-state index contributed by atoms with van der Waals surface area (Å²) in [6.45, 7) is 0.961. The molecule has 1 aromatic heterocycles. The smallest absolute Gasteiger partial charge is 0.273 e. The van der Waals surface area contributed by atoms with E-state index in [1.165, 1.54) is 11.1 Å². The summed E-state index contributed by atoms with van der Waals surface area (Å²) in [7, 11) is 4.83. The van der Waals surface area contributed by atoms with Gasteiger partial charge in [-0.05, 0) is 24.1 Å². The van der Waals surface area contributed by atoms with E-state index in [1.807, 2.05) is 30.3 Å². The number of likely N-dealkylation sites (N-methyl/N-ethyl adjacent to an activating group) is 1. The normalized spacial score (nSPS) is 20.8. The highest BCUT2D eigenvalue weighted by atomic mass is 35.5. The van der Waals surface area contributed by atoms with Crippen LogP contribution < -0.4 is 26.1 Å². The molecule has 3 aromatic rings. The maximum absolute atomic E-state index is 13.0. The number of pyridine rings is 1. The van der Waals surface area contributed by atoms with Crippen LogP contribution in [-0.4, -0.2) is 74.2 Å². The number of rotatable bonds is 9. The number of nitrogens with zero attached hydrogens (tertiary/aromatic N) is 2. The highest BCUT2D eigenvalue weighted by molar-refractivity contribution is 6.40. The molecule has 46 heavy (non-hydrogen) atoms. The number of carbonyl (C=O) groups excluding carboxylic acids is 3. The molecule has 2 aliphatic heterocycles. The van der Waals surface area contributed by atoms with Crippen LogP contribution >= 0.6 is 23.2 Å². The number of hydrogen-bond donors (Lipinski definition) is 4. The van der Waals surface area contributed by atoms with Gasteiger partial charge < -0.3 is 25.4 Å². The average Bonchev–Trinajstić information content (AvgIpc) is 3.64. The number of methoxy groups -OCH3 is 2. The van der Waals surface area contributed by atoms with Crippen molar-refractivity contribution < 1.29 is 23.9 Å². The lowest BCUT2D eigenvalue weighted by molar-refractivity contribution is -0.131. The number of nitrogens with one attached hydrogen (secondary N) is 4. The number of carbonyl (C=O) groups is 3. The van der Waals surface area contributed by atoms with Crippen LogP contribution in [-0.2, 0) is 25.5 Å². The third-order valence-electron chi connectivity index (χ3n) is 8.60. The number of hydrogen-bond acceptors (Lipinski definition) is 8. The first-order valence-corrected chi connectivity index (χ1v) is 15.7. The minimum absolute atomic E-state index is 0.0258. The Morgan fingerprint density at radius 2 is 1.83 bits per heavy atom. The third-order valence-corrected chi connectivity index (χ3v) is 9.42. The second kappa shape index (κ2) is 13.4. The SMILES string of the molecule is COc1nc(-c2cccc(-c3cccc(NC(=O)C4=CCNN(C)C4=O)c3Cl)c2Cl)cc2c1[C@@H](NC[C@@H]1CCC(=O)N1)[C@H](OC)C2. The zero-order valence-corrected chi connectivity index (χ0v) is 27.1. The molecule has 0 saturated carbocycles. The number of anilines is 1. The van der Waals surface area contributed by atoms with Gasteiger partial charge in [0.05, 0.1) is 40.7 Å². The molecule has 11 nitrogen and oxygen atoms in total. The first-order chi connectivity index (χ1) is 22.2. The fourth-order valence-electron chi connectivity index (χ4n) is 6.23. The lowest BCUT2D eigenvalue weighted by Gasteiger charge is -2.23. The number of amides is 3. The zero-order valence-electron chi connectivity index (χ0n) is 25.6. The summed E-state index contributed by atoms with van der Waals surface area (Å²) < 4.78 is 11.7. The van der Waals surface area contributed by atoms with E-state index in [2.05, 4.69) is 21.4 Å². The molecule has 0 radical (unpaired) electrons. The predicted octanol–water partition coefficient (Wildman–Crippen LogP) is 4.05. The Balaban J connectivity index is 1.30. The second-order valence-corrected chi connectivity index (χ2v) is 12.1. The Hall–Kier alpha value is -4.00. The van der Waals surface area contributed by atoms with E-state index in [0.717, 1.165) is 17.5 Å². The largest absolute Gasteiger partial charge is 0.481 e. The molecular weight excluding hydrogens is 631 g/mol. The van der Waals surface area contributed by atoms with Gasteiger partial charge >= 0.3 is 0 Å². The van der Waals surface area contributed by atoms with E-state index >= 15 is 0 Å². The molecule has 2 aromatic carbocycles. The first-order valence-electron chi connectivity index (χ1n) is 14.9. The van der Waals surface area contributed by atoms with Gasteiger partial charge in [-0.1, -0.05) is 59.6 Å². The van der Waals surface area contributed by atoms with Crippen molar-refractivity contribution in [3.63, 3.8) is 0 Å². The quantitative estimate of drug-likeness (QED) is 0.252. The lowest BCUT2D eigenvalue weighted by Crippen LogP contribution is -2.46. The Bertz CT molecular complexity index is 1750. The van der Waals surface area contributed by atoms with Crippen LogP contribution in [0.1, 0.15) is 30.0 Å². The van der Waals surface area contributed by atoms with Crippen molar-refractivity contribution in [1.29, 1.82) is 0 Å². The van der Waals surface area contributed by atoms with Gasteiger partial charge in [-0.3, -0.25) is 19.4 Å². The third kappa shape index (κ3) is 6.08. The van der Waals surface area contributed by atoms with E-state index in [9.17, 15) is 14.4 Å². The van der Waals surface area contributed by atoms with Crippen molar-refractivity contribution in [1.82, 2.24) is 26.1 Å². The van der Waals surface area contributed by atoms with Gasteiger partial charge in [-0.25, -0.2) is 10.4 Å². The van der Waals surface area contributed by atoms with Crippen LogP contribution in [0.5, 0.6) is 5.88 Å². The molecule has 4 N–H and O–H groups in total. The van der Waals surface area contributed by atoms with Crippen LogP contribution in [0.4, 0.5) is 5.69 Å². The van der Waals surface area contributed by atoms with Gasteiger partial charge in [0.25, 0.3) is 11.8 Å². The monoisotopic (exact) mass is 664 g/mol. The lowest BCUT2D eigenvalue weighted by atomic mass is 9.99. The van der Waals surface area contributed by atoms with Gasteiger partial charge in [0.2, 0.25) is 11.8 Å². The molecule has 1 saturated heterocycles. The summed E-state index contributed by atoms with van der Waals surface area (Å²) in [5.41, 5.74) is 7.72. The molecule has 240 valence electrons. The topological polar surface area (TPSA) is 134 Å². The standard InChI is InChI=1S/C33H34Cl2N6O5/c1-41-33(44)22(12-13-37-41)31(43)39-23-9-5-7-20(29(23)35)19-6-4-8-21(28(19)34)24-14-17-15-25(45-2)30(27(17)32(40-24)46-3)36-16-18-10-11-26(42)38-18/h4-9,12,14,18,25,30,36-37H,10-11,13,15-16H2,1-3H3,(H,38,42)(H,39,43)/t18-,25+,30-/m0/s1. The molecule has 1 fully saturated rings. The zero-order chi connectivity index (χ0) is 32.5. The van der Waals surface area contributed by atoms with Crippen molar-refractivity contribution >= 4 is 46.6 Å². The predicted molar refractivity (Wildman–Crippen MR) is 176 cm³/mol. The van der Waals surface area contributed by atoms with Gasteiger partial charge in [0.1, 0.15) is 5.57 Å². The number of benzene rings is 2. The number of fused-ring (bicyclic) bond motifs is 1. The van der Waals surface area contributed by atoms with Crippen molar-refractivity contribution in [2.75, 3.05) is 39.7 Å². The van der Waals surface area contributed by atoms with E-state index in [0.29, 0.717) is 64.9 Å². The van der Waals surface area contributed by atoms with Crippen LogP contribution in [0.2, 0.25) is 10.0 Å². The van der Waals surface area contributed by atoms with Crippen molar-refractivity contribution in [2.24, 2.45) is 0 Å². The Kier molecular flexibility index (Phi) is 9.30. The molecule has 6 rings (SSSR count). The summed E-state index contributed by atoms with van der Waals surface area (Å²) >= 11 is 13.9. The molecular formula is C33H34Cl2N6O5. The minimum Gasteiger partial charge on any atom is -0.481 e. The summed E-state index contributed by atoms with van der Waals surface area (Å²) in [6, 6.07) is 12.7. The van der Waals surface area contributed by atoms with Crippen molar-refractivity contribution in [3.8, 4) is 28.3 Å². The van der Waals surface area contributed by atoms with E-state index in [1.54, 1.807) is 33.4 Å². The molecule has 3 heterocycles. The molecule has 0 unspecified atom stereocenters. The second-order valence-electron chi connectivity index (χ2n) is 11.4. The Morgan fingerprint density at radius 1 is 1.09 bits per heavy atom. The van der Waals surface area contributed by atoms with E-state index in [-0.39, 0.29) is 34.7 Å². The summed E-state index contributed by atoms with van der Waals surface area (Å²) in [5.74, 6) is -0.453.